The van der Waals surface area contributed by atoms with Gasteiger partial charge in [-0.3, -0.25) is 14.4 Å². The average molecular weight is 400 g/mol. The first-order chi connectivity index (χ1) is 12.9. The average Bonchev–Trinajstić information content (AvgIpc) is 2.50. The number of nitrogens with zero attached hydrogens (tertiary/aromatic N) is 1. The highest BCUT2D eigenvalue weighted by Crippen LogP contribution is 2.25. The topological polar surface area (TPSA) is 114 Å². The molecule has 0 spiro atoms. The van der Waals surface area contributed by atoms with Crippen molar-refractivity contribution < 1.29 is 47.3 Å². The first-order valence-corrected chi connectivity index (χ1v) is 8.53. The lowest BCUT2D eigenvalue weighted by atomic mass is 10.0. The number of likely N-dealkylation sites (N-methyl/N-ethyl adjacent to an activating group) is 1. The van der Waals surface area contributed by atoms with E-state index in [-0.39, 0.29) is 17.6 Å². The fraction of sp³-hybridized carbons (Fsp3) is 0.667. The zero-order chi connectivity index (χ0) is 21.5. The molecular weight excluding hydrogens is 374 g/mol. The second-order valence-corrected chi connectivity index (χ2v) is 6.94. The molecule has 0 aromatic rings. The Balaban J connectivity index is 3.01. The smallest absolute Gasteiger partial charge is 0.364 e. The number of quaternary nitrogens is 1. The molecule has 10 heteroatoms. The molecule has 0 saturated carbocycles. The summed E-state index contributed by atoms with van der Waals surface area (Å²) in [5.74, 6) is -0.257. The standard InChI is InChI=1S/C18H26NO9/c1-7-8-19(5,6)9-15(23)28-18-17(27-13(4)22)16(26-12(3)21)14(10-24-18)25-11(2)20/h1,14,16-18H,8-10H2,2-6H3/q+1/t14-,16+,17-,18+/m1/s1. The number of carbonyl (C=O) groups excluding carboxylic acids is 4. The lowest BCUT2D eigenvalue weighted by molar-refractivity contribution is -0.875. The van der Waals surface area contributed by atoms with Crippen molar-refractivity contribution in [2.24, 2.45) is 0 Å². The molecule has 0 unspecified atom stereocenters. The monoisotopic (exact) mass is 400 g/mol. The molecule has 1 fully saturated rings. The minimum absolute atomic E-state index is 0.0670. The normalized spacial score (nSPS) is 24.4. The molecule has 0 bridgehead atoms. The van der Waals surface area contributed by atoms with Crippen molar-refractivity contribution in [3.8, 4) is 12.3 Å². The maximum absolute atomic E-state index is 12.3. The largest absolute Gasteiger partial charge is 0.456 e. The van der Waals surface area contributed by atoms with E-state index in [1.807, 2.05) is 0 Å². The summed E-state index contributed by atoms with van der Waals surface area (Å²) in [6.45, 7) is 3.44. The van der Waals surface area contributed by atoms with E-state index in [0.717, 1.165) is 13.8 Å². The zero-order valence-corrected chi connectivity index (χ0v) is 16.6. The van der Waals surface area contributed by atoms with Crippen molar-refractivity contribution in [3.05, 3.63) is 0 Å². The van der Waals surface area contributed by atoms with E-state index < -0.39 is 48.5 Å². The van der Waals surface area contributed by atoms with Gasteiger partial charge in [0.1, 0.15) is 6.54 Å². The van der Waals surface area contributed by atoms with E-state index in [1.54, 1.807) is 14.1 Å². The summed E-state index contributed by atoms with van der Waals surface area (Å²) in [6.07, 6.45) is 0.383. The fourth-order valence-electron chi connectivity index (χ4n) is 2.63. The van der Waals surface area contributed by atoms with Crippen molar-refractivity contribution in [1.29, 1.82) is 0 Å². The van der Waals surface area contributed by atoms with Gasteiger partial charge in [0.25, 0.3) is 0 Å². The zero-order valence-electron chi connectivity index (χ0n) is 16.6. The van der Waals surface area contributed by atoms with E-state index >= 15 is 0 Å². The van der Waals surface area contributed by atoms with Gasteiger partial charge in [-0.25, -0.2) is 4.79 Å². The van der Waals surface area contributed by atoms with Gasteiger partial charge < -0.3 is 28.2 Å². The van der Waals surface area contributed by atoms with Gasteiger partial charge in [-0.15, -0.1) is 6.42 Å². The van der Waals surface area contributed by atoms with E-state index in [9.17, 15) is 19.2 Å². The van der Waals surface area contributed by atoms with Crippen LogP contribution in [-0.4, -0.2) is 86.8 Å². The maximum Gasteiger partial charge on any atom is 0.364 e. The van der Waals surface area contributed by atoms with Crippen LogP contribution in [0.3, 0.4) is 0 Å². The molecule has 156 valence electrons. The Morgan fingerprint density at radius 1 is 0.964 bits per heavy atom. The molecule has 0 aromatic carbocycles. The van der Waals surface area contributed by atoms with Gasteiger partial charge in [0.15, 0.2) is 18.8 Å². The van der Waals surface area contributed by atoms with Crippen LogP contribution in [0, 0.1) is 12.3 Å². The summed E-state index contributed by atoms with van der Waals surface area (Å²) in [6, 6.07) is 0. The Kier molecular flexibility index (Phi) is 8.40. The Bertz CT molecular complexity index is 652. The molecular formula is C18H26NO9+. The number of terminal acetylenes is 1. The highest BCUT2D eigenvalue weighted by atomic mass is 16.7. The third kappa shape index (κ3) is 7.54. The van der Waals surface area contributed by atoms with Crippen molar-refractivity contribution in [2.75, 3.05) is 33.8 Å². The number of hydrogen-bond donors (Lipinski definition) is 0. The highest BCUT2D eigenvalue weighted by Gasteiger charge is 2.49. The SMILES string of the molecule is C#CC[N+](C)(C)CC(=O)O[C@@H]1OC[C@@H](OC(C)=O)[C@H](OC(C)=O)[C@H]1OC(C)=O. The van der Waals surface area contributed by atoms with E-state index in [0.29, 0.717) is 6.54 Å². The number of esters is 4. The van der Waals surface area contributed by atoms with Crippen LogP contribution in [0.1, 0.15) is 20.8 Å². The molecule has 0 N–H and O–H groups in total. The maximum atomic E-state index is 12.3. The van der Waals surface area contributed by atoms with Gasteiger partial charge in [-0.1, -0.05) is 0 Å². The van der Waals surface area contributed by atoms with Crippen LogP contribution in [0.4, 0.5) is 0 Å². The van der Waals surface area contributed by atoms with Crippen LogP contribution in [-0.2, 0) is 42.9 Å². The summed E-state index contributed by atoms with van der Waals surface area (Å²) in [5, 5.41) is 0. The molecule has 0 amide bonds. The van der Waals surface area contributed by atoms with Crippen molar-refractivity contribution >= 4 is 23.9 Å². The second-order valence-electron chi connectivity index (χ2n) is 6.94. The van der Waals surface area contributed by atoms with E-state index in [4.69, 9.17) is 30.1 Å². The summed E-state index contributed by atoms with van der Waals surface area (Å²) in [5.41, 5.74) is 0. The lowest BCUT2D eigenvalue weighted by Crippen LogP contribution is -2.59. The number of hydrogen-bond acceptors (Lipinski definition) is 9. The number of carbonyl (C=O) groups is 4. The molecule has 0 aliphatic carbocycles. The van der Waals surface area contributed by atoms with E-state index in [1.165, 1.54) is 6.92 Å². The lowest BCUT2D eigenvalue weighted by Gasteiger charge is -2.39. The van der Waals surface area contributed by atoms with Gasteiger partial charge in [0.05, 0.1) is 20.7 Å². The van der Waals surface area contributed by atoms with Crippen LogP contribution in [0.5, 0.6) is 0 Å². The number of rotatable bonds is 7. The molecule has 1 saturated heterocycles. The predicted molar refractivity (Wildman–Crippen MR) is 93.2 cm³/mol. The van der Waals surface area contributed by atoms with Crippen LogP contribution >= 0.6 is 0 Å². The van der Waals surface area contributed by atoms with Gasteiger partial charge in [-0.2, -0.15) is 0 Å². The van der Waals surface area contributed by atoms with Crippen molar-refractivity contribution in [2.45, 2.75) is 45.4 Å². The van der Waals surface area contributed by atoms with Gasteiger partial charge in [-0.05, 0) is 5.92 Å². The first kappa shape index (κ1) is 23.4. The Morgan fingerprint density at radius 2 is 1.50 bits per heavy atom. The molecule has 0 aromatic heterocycles. The first-order valence-electron chi connectivity index (χ1n) is 8.53. The fourth-order valence-corrected chi connectivity index (χ4v) is 2.63. The molecule has 1 aliphatic rings. The van der Waals surface area contributed by atoms with Crippen molar-refractivity contribution in [1.82, 2.24) is 0 Å². The van der Waals surface area contributed by atoms with Gasteiger partial charge >= 0.3 is 23.9 Å². The summed E-state index contributed by atoms with van der Waals surface area (Å²) >= 11 is 0. The Morgan fingerprint density at radius 3 is 2.00 bits per heavy atom. The Hall–Kier alpha value is -2.64. The van der Waals surface area contributed by atoms with Gasteiger partial charge in [0.2, 0.25) is 12.4 Å². The van der Waals surface area contributed by atoms with E-state index in [2.05, 4.69) is 5.92 Å². The van der Waals surface area contributed by atoms with Crippen LogP contribution in [0.15, 0.2) is 0 Å². The highest BCUT2D eigenvalue weighted by molar-refractivity contribution is 5.71. The third-order valence-corrected chi connectivity index (χ3v) is 3.63. The Labute approximate surface area is 163 Å². The van der Waals surface area contributed by atoms with Crippen LogP contribution < -0.4 is 0 Å². The third-order valence-electron chi connectivity index (χ3n) is 3.63. The predicted octanol–water partition coefficient (Wildman–Crippen LogP) is -0.609. The molecule has 1 heterocycles. The van der Waals surface area contributed by atoms with Crippen LogP contribution in [0.25, 0.3) is 0 Å². The number of ether oxygens (including phenoxy) is 5. The minimum Gasteiger partial charge on any atom is -0.456 e. The molecule has 1 rings (SSSR count). The molecule has 4 atom stereocenters. The molecule has 28 heavy (non-hydrogen) atoms. The quantitative estimate of drug-likeness (QED) is 0.239. The minimum atomic E-state index is -1.35. The molecule has 1 aliphatic heterocycles. The summed E-state index contributed by atoms with van der Waals surface area (Å²) in [7, 11) is 3.48. The van der Waals surface area contributed by atoms with Crippen molar-refractivity contribution in [3.63, 3.8) is 0 Å². The molecule has 0 radical (unpaired) electrons. The summed E-state index contributed by atoms with van der Waals surface area (Å²) in [4.78, 5) is 46.6. The molecule has 10 nitrogen and oxygen atoms in total. The summed E-state index contributed by atoms with van der Waals surface area (Å²) < 4.78 is 26.3. The van der Waals surface area contributed by atoms with Crippen LogP contribution in [0.2, 0.25) is 0 Å². The second kappa shape index (κ2) is 10.1. The van der Waals surface area contributed by atoms with Gasteiger partial charge in [0, 0.05) is 20.8 Å².